The van der Waals surface area contributed by atoms with Crippen LogP contribution in [-0.4, -0.2) is 49.7 Å². The Bertz CT molecular complexity index is 1160. The van der Waals surface area contributed by atoms with Crippen molar-refractivity contribution in [1.29, 1.82) is 0 Å². The van der Waals surface area contributed by atoms with E-state index in [-0.39, 0.29) is 17.2 Å². The first-order valence-electron chi connectivity index (χ1n) is 10.6. The number of nitrogens with zero attached hydrogens (tertiary/aromatic N) is 3. The van der Waals surface area contributed by atoms with Gasteiger partial charge in [-0.15, -0.1) is 0 Å². The summed E-state index contributed by atoms with van der Waals surface area (Å²) in [6.07, 6.45) is 1.68. The van der Waals surface area contributed by atoms with Crippen molar-refractivity contribution in [3.05, 3.63) is 54.5 Å². The number of aromatic nitrogens is 3. The van der Waals surface area contributed by atoms with Crippen LogP contribution in [0.4, 0.5) is 17.5 Å². The van der Waals surface area contributed by atoms with E-state index in [2.05, 4.69) is 30.3 Å². The summed E-state index contributed by atoms with van der Waals surface area (Å²) in [7, 11) is -3.81. The molecule has 0 aliphatic rings. The predicted molar refractivity (Wildman–Crippen MR) is 127 cm³/mol. The van der Waals surface area contributed by atoms with Crippen LogP contribution < -0.4 is 24.8 Å². The smallest absolute Gasteiger partial charge is 0.244 e. The molecule has 0 atom stereocenters. The van der Waals surface area contributed by atoms with E-state index in [1.54, 1.807) is 38.2 Å². The summed E-state index contributed by atoms with van der Waals surface area (Å²) < 4.78 is 39.3. The highest BCUT2D eigenvalue weighted by molar-refractivity contribution is 7.89. The summed E-state index contributed by atoms with van der Waals surface area (Å²) in [6.45, 7) is 6.64. The van der Waals surface area contributed by atoms with Gasteiger partial charge < -0.3 is 20.1 Å². The third-order valence-corrected chi connectivity index (χ3v) is 5.78. The largest absolute Gasteiger partial charge is 0.494 e. The number of hydrogen-bond donors (Lipinski definition) is 3. The highest BCUT2D eigenvalue weighted by atomic mass is 32.2. The van der Waals surface area contributed by atoms with Gasteiger partial charge in [0.1, 0.15) is 39.7 Å². The van der Waals surface area contributed by atoms with Crippen LogP contribution in [0.3, 0.4) is 0 Å². The van der Waals surface area contributed by atoms with Crippen molar-refractivity contribution in [2.45, 2.75) is 25.7 Å². The van der Waals surface area contributed by atoms with Gasteiger partial charge in [-0.2, -0.15) is 0 Å². The maximum Gasteiger partial charge on any atom is 0.244 e. The zero-order valence-electron chi connectivity index (χ0n) is 18.8. The van der Waals surface area contributed by atoms with Crippen LogP contribution in [0, 0.1) is 6.92 Å². The van der Waals surface area contributed by atoms with Crippen molar-refractivity contribution in [2.75, 3.05) is 36.9 Å². The number of rotatable bonds is 12. The molecule has 0 fully saturated rings. The number of sulfonamides is 1. The summed E-state index contributed by atoms with van der Waals surface area (Å²) in [5.74, 6) is 3.11. The molecule has 33 heavy (non-hydrogen) atoms. The third-order valence-electron chi connectivity index (χ3n) is 4.30. The number of hydrogen-bond acceptors (Lipinski definition) is 9. The van der Waals surface area contributed by atoms with E-state index in [0.29, 0.717) is 48.8 Å². The average Bonchev–Trinajstić information content (AvgIpc) is 2.78. The Balaban J connectivity index is 1.63. The highest BCUT2D eigenvalue weighted by Crippen LogP contribution is 2.28. The highest BCUT2D eigenvalue weighted by Gasteiger charge is 2.20. The van der Waals surface area contributed by atoms with Gasteiger partial charge in [0, 0.05) is 31.4 Å². The number of anilines is 3. The molecule has 10 nitrogen and oxygen atoms in total. The van der Waals surface area contributed by atoms with E-state index in [4.69, 9.17) is 9.47 Å². The van der Waals surface area contributed by atoms with E-state index in [1.807, 2.05) is 25.1 Å². The molecule has 2 aromatic heterocycles. The van der Waals surface area contributed by atoms with Crippen LogP contribution in [0.15, 0.2) is 53.6 Å². The second-order valence-electron chi connectivity index (χ2n) is 6.82. The molecule has 0 bridgehead atoms. The number of aryl methyl sites for hydroxylation is 1. The zero-order valence-corrected chi connectivity index (χ0v) is 19.6. The first-order valence-corrected chi connectivity index (χ1v) is 12.1. The Labute approximate surface area is 193 Å². The molecule has 3 N–H and O–H groups in total. The van der Waals surface area contributed by atoms with Gasteiger partial charge in [-0.25, -0.2) is 28.1 Å². The number of nitrogens with one attached hydrogen (secondary N) is 3. The molecule has 3 aromatic rings. The van der Waals surface area contributed by atoms with E-state index in [0.717, 1.165) is 0 Å². The molecule has 0 unspecified atom stereocenters. The maximum atomic E-state index is 12.9. The number of ether oxygens (including phenoxy) is 2. The molecule has 1 aromatic carbocycles. The standard InChI is InChI=1S/C22H28N6O4S/c1-4-31-17-9-10-18(32-5-2)19(14-17)33(29,30)25-13-12-24-21-15-22(27-16(3)26-21)28-20-8-6-7-11-23-20/h6-11,14-15,25H,4-5,12-13H2,1-3H3,(H2,23,24,26,27,28). The summed E-state index contributed by atoms with van der Waals surface area (Å²) in [5, 5.41) is 6.23. The van der Waals surface area contributed by atoms with Crippen LogP contribution >= 0.6 is 0 Å². The lowest BCUT2D eigenvalue weighted by Crippen LogP contribution is -2.29. The molecule has 2 heterocycles. The third kappa shape index (κ3) is 7.02. The first-order chi connectivity index (χ1) is 15.9. The fourth-order valence-corrected chi connectivity index (χ4v) is 4.16. The number of benzene rings is 1. The maximum absolute atomic E-state index is 12.9. The van der Waals surface area contributed by atoms with Crippen LogP contribution in [0.1, 0.15) is 19.7 Å². The molecule has 0 saturated carbocycles. The van der Waals surface area contributed by atoms with Crippen LogP contribution in [0.25, 0.3) is 0 Å². The summed E-state index contributed by atoms with van der Waals surface area (Å²) >= 11 is 0. The molecule has 176 valence electrons. The van der Waals surface area contributed by atoms with Crippen LogP contribution in [-0.2, 0) is 10.0 Å². The minimum Gasteiger partial charge on any atom is -0.494 e. The molecule has 0 aliphatic heterocycles. The molecule has 0 saturated heterocycles. The first kappa shape index (κ1) is 24.2. The van der Waals surface area contributed by atoms with Gasteiger partial charge in [0.25, 0.3) is 0 Å². The van der Waals surface area contributed by atoms with E-state index >= 15 is 0 Å². The molecular formula is C22H28N6O4S. The van der Waals surface area contributed by atoms with E-state index in [9.17, 15) is 8.42 Å². The Hall–Kier alpha value is -3.44. The molecule has 0 amide bonds. The average molecular weight is 473 g/mol. The van der Waals surface area contributed by atoms with E-state index in [1.165, 1.54) is 6.07 Å². The topological polar surface area (TPSA) is 127 Å². The Morgan fingerprint density at radius 3 is 2.42 bits per heavy atom. The van der Waals surface area contributed by atoms with Crippen LogP contribution in [0.5, 0.6) is 11.5 Å². The van der Waals surface area contributed by atoms with Gasteiger partial charge in [-0.3, -0.25) is 0 Å². The molecule has 0 radical (unpaired) electrons. The Morgan fingerprint density at radius 2 is 1.70 bits per heavy atom. The summed E-state index contributed by atoms with van der Waals surface area (Å²) in [6, 6.07) is 12.0. The lowest BCUT2D eigenvalue weighted by atomic mass is 10.3. The van der Waals surface area contributed by atoms with Gasteiger partial charge in [0.2, 0.25) is 10.0 Å². The van der Waals surface area contributed by atoms with Crippen molar-refractivity contribution < 1.29 is 17.9 Å². The van der Waals surface area contributed by atoms with Gasteiger partial charge in [0.15, 0.2) is 0 Å². The van der Waals surface area contributed by atoms with Crippen molar-refractivity contribution >= 4 is 27.5 Å². The van der Waals surface area contributed by atoms with Gasteiger partial charge >= 0.3 is 0 Å². The van der Waals surface area contributed by atoms with Gasteiger partial charge in [-0.1, -0.05) is 6.07 Å². The van der Waals surface area contributed by atoms with Crippen LogP contribution in [0.2, 0.25) is 0 Å². The zero-order chi connectivity index (χ0) is 23.7. The predicted octanol–water partition coefficient (Wildman–Crippen LogP) is 3.11. The van der Waals surface area contributed by atoms with Gasteiger partial charge in [-0.05, 0) is 45.0 Å². The SMILES string of the molecule is CCOc1ccc(OCC)c(S(=O)(=O)NCCNc2cc(Nc3ccccn3)nc(C)n2)c1. The molecule has 3 rings (SSSR count). The fourth-order valence-electron chi connectivity index (χ4n) is 2.97. The minimum absolute atomic E-state index is 0.0371. The Kier molecular flexibility index (Phi) is 8.39. The van der Waals surface area contributed by atoms with Gasteiger partial charge in [0.05, 0.1) is 13.2 Å². The number of pyridine rings is 1. The summed E-state index contributed by atoms with van der Waals surface area (Å²) in [5.41, 5.74) is 0. The fraction of sp³-hybridized carbons (Fsp3) is 0.318. The van der Waals surface area contributed by atoms with Crippen molar-refractivity contribution in [3.63, 3.8) is 0 Å². The lowest BCUT2D eigenvalue weighted by Gasteiger charge is -2.14. The van der Waals surface area contributed by atoms with Crippen molar-refractivity contribution in [1.82, 2.24) is 19.7 Å². The molecule has 0 aliphatic carbocycles. The monoisotopic (exact) mass is 472 g/mol. The quantitative estimate of drug-likeness (QED) is 0.341. The Morgan fingerprint density at radius 1 is 0.909 bits per heavy atom. The minimum atomic E-state index is -3.81. The van der Waals surface area contributed by atoms with Crippen molar-refractivity contribution in [3.8, 4) is 11.5 Å². The van der Waals surface area contributed by atoms with Crippen molar-refractivity contribution in [2.24, 2.45) is 0 Å². The second kappa shape index (κ2) is 11.4. The molecular weight excluding hydrogens is 444 g/mol. The van der Waals surface area contributed by atoms with E-state index < -0.39 is 10.0 Å². The lowest BCUT2D eigenvalue weighted by molar-refractivity contribution is 0.322. The molecule has 0 spiro atoms. The second-order valence-corrected chi connectivity index (χ2v) is 8.56. The normalized spacial score (nSPS) is 11.1. The summed E-state index contributed by atoms with van der Waals surface area (Å²) in [4.78, 5) is 12.9. The molecule has 11 heteroatoms.